The maximum atomic E-state index is 13.8. The van der Waals surface area contributed by atoms with Crippen molar-refractivity contribution in [3.05, 3.63) is 68.5 Å². The van der Waals surface area contributed by atoms with Crippen molar-refractivity contribution in [1.82, 2.24) is 14.5 Å². The maximum absolute atomic E-state index is 13.8. The maximum Gasteiger partial charge on any atom is 0.326 e. The molecule has 0 saturated carbocycles. The fourth-order valence-corrected chi connectivity index (χ4v) is 4.31. The van der Waals surface area contributed by atoms with Crippen LogP contribution in [0.5, 0.6) is 5.75 Å². The van der Waals surface area contributed by atoms with Crippen molar-refractivity contribution in [1.29, 1.82) is 0 Å². The van der Waals surface area contributed by atoms with Crippen LogP contribution in [0.3, 0.4) is 0 Å². The SMILES string of the molecule is CC1=CN(C)C(C(=O)O)C(C)[C@H]1n1c(C)cc(OCc2ncc(F)cc2F)c(Cl)c1=O. The lowest BCUT2D eigenvalue weighted by molar-refractivity contribution is -0.144. The molecule has 3 rings (SSSR count). The van der Waals surface area contributed by atoms with Gasteiger partial charge in [0, 0.05) is 37.0 Å². The summed E-state index contributed by atoms with van der Waals surface area (Å²) in [6, 6.07) is 0.875. The van der Waals surface area contributed by atoms with Crippen LogP contribution in [0, 0.1) is 24.5 Å². The molecule has 2 aromatic heterocycles. The van der Waals surface area contributed by atoms with E-state index in [9.17, 15) is 23.5 Å². The highest BCUT2D eigenvalue weighted by atomic mass is 35.5. The largest absolute Gasteiger partial charge is 0.485 e. The second kappa shape index (κ2) is 8.66. The third-order valence-corrected chi connectivity index (χ3v) is 5.78. The van der Waals surface area contributed by atoms with Crippen LogP contribution in [0.1, 0.15) is 31.3 Å². The van der Waals surface area contributed by atoms with Gasteiger partial charge in [0.1, 0.15) is 34.9 Å². The summed E-state index contributed by atoms with van der Waals surface area (Å²) in [6.45, 7) is 4.92. The minimum absolute atomic E-state index is 0.0305. The van der Waals surface area contributed by atoms with Crippen LogP contribution >= 0.6 is 11.6 Å². The van der Waals surface area contributed by atoms with Crippen LogP contribution in [0.4, 0.5) is 8.78 Å². The average Bonchev–Trinajstić information content (AvgIpc) is 2.66. The fourth-order valence-electron chi connectivity index (χ4n) is 4.11. The van der Waals surface area contributed by atoms with Crippen LogP contribution in [0.25, 0.3) is 0 Å². The van der Waals surface area contributed by atoms with Crippen LogP contribution < -0.4 is 10.3 Å². The molecule has 0 spiro atoms. The lowest BCUT2D eigenvalue weighted by atomic mass is 9.85. The standard InChI is InChI=1S/C21H22ClF2N3O4/c1-10-8-26(4)19(21(29)30)12(3)18(10)27-11(2)5-16(17(22)20(27)28)31-9-15-14(24)6-13(23)7-25-15/h5-8,12,18-19H,9H2,1-4H3,(H,29,30)/t12?,18-,19?/m0/s1. The normalized spacial score (nSPS) is 21.1. The second-order valence-electron chi connectivity index (χ2n) is 7.64. The Labute approximate surface area is 182 Å². The number of carboxylic acid groups (broad SMARTS) is 1. The Balaban J connectivity index is 1.97. The molecule has 1 aliphatic heterocycles. The Kier molecular flexibility index (Phi) is 6.35. The molecule has 7 nitrogen and oxygen atoms in total. The highest BCUT2D eigenvalue weighted by Gasteiger charge is 2.39. The quantitative estimate of drug-likeness (QED) is 0.745. The van der Waals surface area contributed by atoms with Crippen molar-refractivity contribution in [3.63, 3.8) is 0 Å². The summed E-state index contributed by atoms with van der Waals surface area (Å²) in [4.78, 5) is 30.1. The first kappa shape index (κ1) is 22.7. The first-order chi connectivity index (χ1) is 14.5. The van der Waals surface area contributed by atoms with E-state index in [1.807, 2.05) is 6.92 Å². The summed E-state index contributed by atoms with van der Waals surface area (Å²) >= 11 is 6.27. The van der Waals surface area contributed by atoms with Gasteiger partial charge in [-0.25, -0.2) is 13.6 Å². The van der Waals surface area contributed by atoms with E-state index in [1.165, 1.54) is 10.6 Å². The monoisotopic (exact) mass is 453 g/mol. The number of aliphatic carboxylic acids is 1. The van der Waals surface area contributed by atoms with E-state index in [2.05, 4.69) is 4.98 Å². The molecule has 0 amide bonds. The van der Waals surface area contributed by atoms with E-state index in [4.69, 9.17) is 16.3 Å². The lowest BCUT2D eigenvalue weighted by Crippen LogP contribution is -2.49. The molecule has 1 aliphatic rings. The molecular formula is C21H22ClF2N3O4. The van der Waals surface area contributed by atoms with E-state index >= 15 is 0 Å². The molecule has 0 radical (unpaired) electrons. The summed E-state index contributed by atoms with van der Waals surface area (Å²) in [5, 5.41) is 9.40. The van der Waals surface area contributed by atoms with E-state index in [1.54, 1.807) is 32.0 Å². The number of pyridine rings is 2. The van der Waals surface area contributed by atoms with Crippen molar-refractivity contribution < 1.29 is 23.4 Å². The van der Waals surface area contributed by atoms with Gasteiger partial charge in [0.15, 0.2) is 5.82 Å². The Morgan fingerprint density at radius 1 is 1.32 bits per heavy atom. The topological polar surface area (TPSA) is 84.7 Å². The van der Waals surface area contributed by atoms with Crippen LogP contribution in [-0.2, 0) is 11.4 Å². The number of aryl methyl sites for hydroxylation is 1. The fraction of sp³-hybridized carbons (Fsp3) is 0.381. The molecule has 3 atom stereocenters. The number of likely N-dealkylation sites (N-methyl/N-ethyl adjacent to an activating group) is 1. The van der Waals surface area contributed by atoms with E-state index < -0.39 is 41.2 Å². The van der Waals surface area contributed by atoms with Crippen LogP contribution in [-0.4, -0.2) is 38.6 Å². The molecule has 0 fully saturated rings. The first-order valence-electron chi connectivity index (χ1n) is 9.50. The summed E-state index contributed by atoms with van der Waals surface area (Å²) < 4.78 is 33.8. The summed E-state index contributed by atoms with van der Waals surface area (Å²) in [6.07, 6.45) is 2.57. The molecule has 0 aliphatic carbocycles. The summed E-state index contributed by atoms with van der Waals surface area (Å²) in [5.41, 5.74) is 0.615. The number of carboxylic acids is 1. The Morgan fingerprint density at radius 2 is 2.00 bits per heavy atom. The van der Waals surface area contributed by atoms with Gasteiger partial charge in [-0.15, -0.1) is 0 Å². The predicted molar refractivity (Wildman–Crippen MR) is 110 cm³/mol. The molecule has 0 aromatic carbocycles. The number of carbonyl (C=O) groups is 1. The number of hydrogen-bond donors (Lipinski definition) is 1. The van der Waals surface area contributed by atoms with Gasteiger partial charge in [0.25, 0.3) is 5.56 Å². The number of halogens is 3. The molecule has 2 aromatic rings. The zero-order valence-electron chi connectivity index (χ0n) is 17.4. The molecule has 10 heteroatoms. The highest BCUT2D eigenvalue weighted by molar-refractivity contribution is 6.31. The van der Waals surface area contributed by atoms with Crippen molar-refractivity contribution in [2.75, 3.05) is 7.05 Å². The smallest absolute Gasteiger partial charge is 0.326 e. The third-order valence-electron chi connectivity index (χ3n) is 5.43. The highest BCUT2D eigenvalue weighted by Crippen LogP contribution is 2.36. The van der Waals surface area contributed by atoms with Gasteiger partial charge in [-0.05, 0) is 19.4 Å². The third kappa shape index (κ3) is 4.27. The minimum Gasteiger partial charge on any atom is -0.485 e. The number of nitrogens with zero attached hydrogens (tertiary/aromatic N) is 3. The molecule has 166 valence electrons. The number of allylic oxidation sites excluding steroid dienone is 1. The van der Waals surface area contributed by atoms with Crippen molar-refractivity contribution >= 4 is 17.6 Å². The van der Waals surface area contributed by atoms with Crippen molar-refractivity contribution in [3.8, 4) is 5.75 Å². The Morgan fingerprint density at radius 3 is 2.61 bits per heavy atom. The lowest BCUT2D eigenvalue weighted by Gasteiger charge is -2.40. The minimum atomic E-state index is -0.991. The zero-order valence-corrected chi connectivity index (χ0v) is 18.2. The average molecular weight is 454 g/mol. The second-order valence-corrected chi connectivity index (χ2v) is 8.01. The molecule has 1 N–H and O–H groups in total. The van der Waals surface area contributed by atoms with Crippen LogP contribution in [0.15, 0.2) is 34.9 Å². The van der Waals surface area contributed by atoms with E-state index in [0.717, 1.165) is 11.8 Å². The molecule has 31 heavy (non-hydrogen) atoms. The van der Waals surface area contributed by atoms with Crippen molar-refractivity contribution in [2.24, 2.45) is 5.92 Å². The number of rotatable bonds is 5. The van der Waals surface area contributed by atoms with E-state index in [0.29, 0.717) is 11.8 Å². The summed E-state index contributed by atoms with van der Waals surface area (Å²) in [5.74, 6) is -3.07. The predicted octanol–water partition coefficient (Wildman–Crippen LogP) is 3.54. The van der Waals surface area contributed by atoms with Gasteiger partial charge >= 0.3 is 5.97 Å². The Bertz CT molecular complexity index is 1120. The van der Waals surface area contributed by atoms with Crippen LogP contribution in [0.2, 0.25) is 5.02 Å². The Hall–Kier alpha value is -2.94. The first-order valence-corrected chi connectivity index (χ1v) is 9.88. The van der Waals surface area contributed by atoms with Gasteiger partial charge in [0.2, 0.25) is 0 Å². The zero-order chi connectivity index (χ0) is 23.0. The van der Waals surface area contributed by atoms with Gasteiger partial charge < -0.3 is 19.3 Å². The molecule has 2 unspecified atom stereocenters. The van der Waals surface area contributed by atoms with Gasteiger partial charge in [-0.3, -0.25) is 9.78 Å². The van der Waals surface area contributed by atoms with Crippen molar-refractivity contribution in [2.45, 2.75) is 39.5 Å². The molecule has 3 heterocycles. The number of aromatic nitrogens is 2. The molecular weight excluding hydrogens is 432 g/mol. The molecule has 0 saturated heterocycles. The molecule has 0 bridgehead atoms. The van der Waals surface area contributed by atoms with Gasteiger partial charge in [-0.1, -0.05) is 18.5 Å². The van der Waals surface area contributed by atoms with E-state index in [-0.39, 0.29) is 23.1 Å². The number of hydrogen-bond acceptors (Lipinski definition) is 5. The van der Waals surface area contributed by atoms with Gasteiger partial charge in [0.05, 0.1) is 12.2 Å². The summed E-state index contributed by atoms with van der Waals surface area (Å²) in [7, 11) is 1.68. The van der Waals surface area contributed by atoms with Gasteiger partial charge in [-0.2, -0.15) is 0 Å². The number of ether oxygens (including phenoxy) is 1.